The molecule has 0 aliphatic heterocycles. The molecule has 1 amide bonds. The molecule has 0 unspecified atom stereocenters. The van der Waals surface area contributed by atoms with Gasteiger partial charge < -0.3 is 5.32 Å². The molecule has 0 aliphatic carbocycles. The van der Waals surface area contributed by atoms with Crippen LogP contribution >= 0.6 is 0 Å². The van der Waals surface area contributed by atoms with Gasteiger partial charge in [0.15, 0.2) is 0 Å². The van der Waals surface area contributed by atoms with Gasteiger partial charge in [0.25, 0.3) is 10.0 Å². The number of carbonyl (C=O) groups excluding carboxylic acids is 1. The molecule has 0 spiro atoms. The number of nitrogens with one attached hydrogen (secondary N) is 2. The molecule has 2 aromatic rings. The molecule has 0 fully saturated rings. The Morgan fingerprint density at radius 3 is 1.93 bits per heavy atom. The van der Waals surface area contributed by atoms with Crippen molar-refractivity contribution in [1.29, 1.82) is 0 Å². The molecule has 0 radical (unpaired) electrons. The zero-order valence-corrected chi connectivity index (χ0v) is 14.8. The molecule has 0 saturated heterocycles. The van der Waals surface area contributed by atoms with Crippen LogP contribution in [-0.4, -0.2) is 14.3 Å². The maximum Gasteiger partial charge on any atom is 0.418 e. The topological polar surface area (TPSA) is 75.3 Å². The first-order chi connectivity index (χ1) is 12.7. The summed E-state index contributed by atoms with van der Waals surface area (Å²) in [7, 11) is -4.60. The van der Waals surface area contributed by atoms with Crippen LogP contribution in [0.25, 0.3) is 0 Å². The molecular formula is C16H12F6N2O3S. The number of carbonyl (C=O) groups is 1. The van der Waals surface area contributed by atoms with Gasteiger partial charge in [-0.15, -0.1) is 0 Å². The van der Waals surface area contributed by atoms with E-state index >= 15 is 0 Å². The number of amides is 1. The van der Waals surface area contributed by atoms with Gasteiger partial charge in [-0.05, 0) is 42.5 Å². The van der Waals surface area contributed by atoms with Crippen LogP contribution in [-0.2, 0) is 27.2 Å². The third-order valence-electron chi connectivity index (χ3n) is 3.38. The van der Waals surface area contributed by atoms with E-state index in [4.69, 9.17) is 0 Å². The van der Waals surface area contributed by atoms with Crippen LogP contribution < -0.4 is 10.0 Å². The Kier molecular flexibility index (Phi) is 5.64. The van der Waals surface area contributed by atoms with E-state index in [2.05, 4.69) is 5.32 Å². The van der Waals surface area contributed by atoms with E-state index in [1.54, 1.807) is 4.72 Å². The van der Waals surface area contributed by atoms with Crippen molar-refractivity contribution in [3.63, 3.8) is 0 Å². The second-order valence-electron chi connectivity index (χ2n) is 5.57. The maximum absolute atomic E-state index is 13.3. The summed E-state index contributed by atoms with van der Waals surface area (Å²) in [6, 6.07) is 4.62. The van der Waals surface area contributed by atoms with E-state index in [9.17, 15) is 39.6 Å². The number of hydrogen-bond donors (Lipinski definition) is 2. The van der Waals surface area contributed by atoms with Crippen molar-refractivity contribution < 1.29 is 39.6 Å². The summed E-state index contributed by atoms with van der Waals surface area (Å²) in [4.78, 5) is 10.3. The van der Waals surface area contributed by atoms with Crippen molar-refractivity contribution in [2.75, 3.05) is 10.0 Å². The van der Waals surface area contributed by atoms with Crippen molar-refractivity contribution in [2.45, 2.75) is 24.2 Å². The second kappa shape index (κ2) is 7.34. The molecule has 0 heterocycles. The van der Waals surface area contributed by atoms with Crippen molar-refractivity contribution in [2.24, 2.45) is 0 Å². The van der Waals surface area contributed by atoms with Crippen molar-refractivity contribution in [3.05, 3.63) is 53.6 Å². The Hall–Kier alpha value is -2.76. The lowest BCUT2D eigenvalue weighted by atomic mass is 10.1. The summed E-state index contributed by atoms with van der Waals surface area (Å²) in [6.07, 6.45) is -9.66. The molecule has 0 aliphatic rings. The maximum atomic E-state index is 13.3. The normalized spacial score (nSPS) is 12.5. The highest BCUT2D eigenvalue weighted by Gasteiger charge is 2.35. The average molecular weight is 426 g/mol. The standard InChI is InChI=1S/C16H12F6N2O3S/c1-9(25)23-11-4-7-14(13(8-11)16(20,21)22)24-28(26,27)12-5-2-10(3-6-12)15(17,18)19/h2-8,24H,1H3,(H,23,25). The van der Waals surface area contributed by atoms with Crippen LogP contribution in [0, 0.1) is 0 Å². The Labute approximate surface area is 155 Å². The number of hydrogen-bond acceptors (Lipinski definition) is 3. The molecule has 2 aromatic carbocycles. The molecule has 0 atom stereocenters. The molecule has 0 aromatic heterocycles. The fourth-order valence-electron chi connectivity index (χ4n) is 2.18. The van der Waals surface area contributed by atoms with E-state index in [1.165, 1.54) is 0 Å². The summed E-state index contributed by atoms with van der Waals surface area (Å²) in [5.74, 6) is -0.633. The summed E-state index contributed by atoms with van der Waals surface area (Å²) >= 11 is 0. The first-order valence-corrected chi connectivity index (χ1v) is 8.87. The molecule has 0 saturated carbocycles. The van der Waals surface area contributed by atoms with Crippen LogP contribution in [0.15, 0.2) is 47.4 Å². The number of sulfonamides is 1. The number of rotatable bonds is 4. The molecule has 5 nitrogen and oxygen atoms in total. The van der Waals surface area contributed by atoms with Gasteiger partial charge in [-0.2, -0.15) is 26.3 Å². The van der Waals surface area contributed by atoms with Gasteiger partial charge in [-0.1, -0.05) is 0 Å². The minimum absolute atomic E-state index is 0.211. The SMILES string of the molecule is CC(=O)Nc1ccc(NS(=O)(=O)c2ccc(C(F)(F)F)cc2)c(C(F)(F)F)c1. The highest BCUT2D eigenvalue weighted by Crippen LogP contribution is 2.37. The van der Waals surface area contributed by atoms with Crippen molar-refractivity contribution >= 4 is 27.3 Å². The van der Waals surface area contributed by atoms with Crippen LogP contribution in [0.5, 0.6) is 0 Å². The second-order valence-corrected chi connectivity index (χ2v) is 7.25. The third-order valence-corrected chi connectivity index (χ3v) is 4.76. The van der Waals surface area contributed by atoms with Gasteiger partial charge in [-0.25, -0.2) is 8.42 Å². The molecule has 152 valence electrons. The van der Waals surface area contributed by atoms with E-state index in [1.807, 2.05) is 0 Å². The van der Waals surface area contributed by atoms with Gasteiger partial charge >= 0.3 is 12.4 Å². The molecule has 28 heavy (non-hydrogen) atoms. The zero-order valence-electron chi connectivity index (χ0n) is 13.9. The van der Waals surface area contributed by atoms with Gasteiger partial charge in [-0.3, -0.25) is 9.52 Å². The molecule has 2 N–H and O–H groups in total. The smallest absolute Gasteiger partial charge is 0.326 e. The first kappa shape index (κ1) is 21.5. The Morgan fingerprint density at radius 1 is 0.893 bits per heavy atom. The minimum atomic E-state index is -4.97. The Balaban J connectivity index is 2.41. The number of halogens is 6. The van der Waals surface area contributed by atoms with Gasteiger partial charge in [0, 0.05) is 12.6 Å². The number of alkyl halides is 6. The lowest BCUT2D eigenvalue weighted by Crippen LogP contribution is -2.18. The van der Waals surface area contributed by atoms with E-state index < -0.39 is 50.0 Å². The fraction of sp³-hybridized carbons (Fsp3) is 0.188. The van der Waals surface area contributed by atoms with Gasteiger partial charge in [0.2, 0.25) is 5.91 Å². The monoisotopic (exact) mass is 426 g/mol. The van der Waals surface area contributed by atoms with Crippen molar-refractivity contribution in [3.8, 4) is 0 Å². The fourth-order valence-corrected chi connectivity index (χ4v) is 3.26. The van der Waals surface area contributed by atoms with Crippen LogP contribution in [0.1, 0.15) is 18.1 Å². The molecule has 0 bridgehead atoms. The first-order valence-electron chi connectivity index (χ1n) is 7.39. The minimum Gasteiger partial charge on any atom is -0.326 e. The summed E-state index contributed by atoms with van der Waals surface area (Å²) in [5.41, 5.74) is -3.55. The summed E-state index contributed by atoms with van der Waals surface area (Å²) in [6.45, 7) is 1.08. The molecular weight excluding hydrogens is 414 g/mol. The quantitative estimate of drug-likeness (QED) is 0.708. The average Bonchev–Trinajstić information content (AvgIpc) is 2.54. The van der Waals surface area contributed by atoms with Crippen LogP contribution in [0.4, 0.5) is 37.7 Å². The Morgan fingerprint density at radius 2 is 1.46 bits per heavy atom. The summed E-state index contributed by atoms with van der Waals surface area (Å²) in [5, 5.41) is 2.14. The third kappa shape index (κ3) is 5.15. The molecule has 12 heteroatoms. The van der Waals surface area contributed by atoms with E-state index in [-0.39, 0.29) is 5.69 Å². The lowest BCUT2D eigenvalue weighted by Gasteiger charge is -2.16. The largest absolute Gasteiger partial charge is 0.418 e. The zero-order chi connectivity index (χ0) is 21.3. The van der Waals surface area contributed by atoms with E-state index in [0.717, 1.165) is 19.1 Å². The van der Waals surface area contributed by atoms with E-state index in [0.29, 0.717) is 30.3 Å². The number of anilines is 2. The number of benzene rings is 2. The van der Waals surface area contributed by atoms with Gasteiger partial charge in [0.05, 0.1) is 21.7 Å². The highest BCUT2D eigenvalue weighted by atomic mass is 32.2. The molecule has 2 rings (SSSR count). The lowest BCUT2D eigenvalue weighted by molar-refractivity contribution is -0.138. The Bertz CT molecular complexity index is 983. The predicted octanol–water partition coefficient (Wildman–Crippen LogP) is 4.48. The highest BCUT2D eigenvalue weighted by molar-refractivity contribution is 7.92. The van der Waals surface area contributed by atoms with Crippen LogP contribution in [0.3, 0.4) is 0 Å². The van der Waals surface area contributed by atoms with Crippen LogP contribution in [0.2, 0.25) is 0 Å². The predicted molar refractivity (Wildman–Crippen MR) is 88.0 cm³/mol. The van der Waals surface area contributed by atoms with Crippen molar-refractivity contribution in [1.82, 2.24) is 0 Å². The summed E-state index contributed by atoms with van der Waals surface area (Å²) < 4.78 is 104. The van der Waals surface area contributed by atoms with Gasteiger partial charge in [0.1, 0.15) is 0 Å².